The van der Waals surface area contributed by atoms with E-state index in [1.54, 1.807) is 0 Å². The highest BCUT2D eigenvalue weighted by molar-refractivity contribution is 8.03. The average Bonchev–Trinajstić information content (AvgIpc) is 2.94. The Balaban J connectivity index is 1.57. The largest absolute Gasteiger partial charge is 0.359 e. The summed E-state index contributed by atoms with van der Waals surface area (Å²) >= 11 is 4.12. The Morgan fingerprint density at radius 2 is 1.88 bits per heavy atom. The van der Waals surface area contributed by atoms with Crippen LogP contribution in [0.2, 0.25) is 0 Å². The van der Waals surface area contributed by atoms with Crippen molar-refractivity contribution in [2.75, 3.05) is 41.5 Å². The Labute approximate surface area is 159 Å². The van der Waals surface area contributed by atoms with Gasteiger partial charge in [0, 0.05) is 79.3 Å². The predicted octanol–water partition coefficient (Wildman–Crippen LogP) is 3.09. The van der Waals surface area contributed by atoms with Gasteiger partial charge in [0.15, 0.2) is 0 Å². The van der Waals surface area contributed by atoms with E-state index in [1.165, 1.54) is 28.6 Å². The van der Waals surface area contributed by atoms with Crippen LogP contribution in [0.3, 0.4) is 0 Å². The molecule has 0 aliphatic carbocycles. The second-order valence-corrected chi connectivity index (χ2v) is 8.51. The molecule has 0 radical (unpaired) electrons. The van der Waals surface area contributed by atoms with Gasteiger partial charge in [-0.1, -0.05) is 12.1 Å². The van der Waals surface area contributed by atoms with E-state index in [0.717, 1.165) is 31.0 Å². The van der Waals surface area contributed by atoms with Crippen molar-refractivity contribution in [3.63, 3.8) is 0 Å². The van der Waals surface area contributed by atoms with E-state index >= 15 is 0 Å². The maximum absolute atomic E-state index is 4.63. The molecule has 0 atom stereocenters. The van der Waals surface area contributed by atoms with Crippen LogP contribution >= 0.6 is 23.5 Å². The lowest BCUT2D eigenvalue weighted by Gasteiger charge is -2.22. The molecule has 134 valence electrons. The van der Waals surface area contributed by atoms with E-state index < -0.39 is 0 Å². The van der Waals surface area contributed by atoms with E-state index in [-0.39, 0.29) is 0 Å². The minimum absolute atomic E-state index is 0.587. The molecule has 0 unspecified atom stereocenters. The first kappa shape index (κ1) is 18.5. The zero-order chi connectivity index (χ0) is 17.3. The zero-order valence-corrected chi connectivity index (χ0v) is 16.4. The van der Waals surface area contributed by atoms with Gasteiger partial charge in [-0.05, 0) is 18.2 Å². The summed E-state index contributed by atoms with van der Waals surface area (Å²) in [5.74, 6) is 6.03. The van der Waals surface area contributed by atoms with Gasteiger partial charge in [0.25, 0.3) is 0 Å². The Kier molecular flexibility index (Phi) is 7.45. The van der Waals surface area contributed by atoms with Crippen LogP contribution < -0.4 is 10.2 Å². The lowest BCUT2D eigenvalue weighted by atomic mass is 10.2. The van der Waals surface area contributed by atoms with Gasteiger partial charge >= 0.3 is 0 Å². The SMILES string of the molecule is CN(CCc1ccccn1)c1ncccc1CNC1CSCCSC1. The number of aromatic nitrogens is 2. The van der Waals surface area contributed by atoms with Crippen LogP contribution in [0.1, 0.15) is 11.3 Å². The van der Waals surface area contributed by atoms with Crippen molar-refractivity contribution in [1.29, 1.82) is 0 Å². The molecule has 4 nitrogen and oxygen atoms in total. The Hall–Kier alpha value is -1.24. The quantitative estimate of drug-likeness (QED) is 0.803. The summed E-state index contributed by atoms with van der Waals surface area (Å²) in [5.41, 5.74) is 2.39. The van der Waals surface area contributed by atoms with Crippen LogP contribution in [0, 0.1) is 0 Å². The number of likely N-dealkylation sites (N-methyl/N-ethyl adjacent to an activating group) is 1. The third-order valence-electron chi connectivity index (χ3n) is 4.25. The Morgan fingerprint density at radius 1 is 1.08 bits per heavy atom. The summed E-state index contributed by atoms with van der Waals surface area (Å²) in [6.07, 6.45) is 4.67. The monoisotopic (exact) mass is 374 g/mol. The number of thioether (sulfide) groups is 2. The fourth-order valence-electron chi connectivity index (χ4n) is 2.84. The van der Waals surface area contributed by atoms with Gasteiger partial charge in [-0.15, -0.1) is 0 Å². The number of rotatable bonds is 7. The Bertz CT molecular complexity index is 630. The van der Waals surface area contributed by atoms with Gasteiger partial charge in [0.05, 0.1) is 0 Å². The molecule has 0 aromatic carbocycles. The molecule has 1 aliphatic rings. The van der Waals surface area contributed by atoms with Crippen molar-refractivity contribution in [3.8, 4) is 0 Å². The fraction of sp³-hybridized carbons (Fsp3) is 0.474. The molecular formula is C19H26N4S2. The standard InChI is InChI=1S/C19H26N4S2/c1-23(10-7-17-6-2-3-8-20-17)19-16(5-4-9-21-19)13-22-18-14-24-11-12-25-15-18/h2-6,8-9,18,22H,7,10-15H2,1H3. The second kappa shape index (κ2) is 10.0. The number of nitrogens with zero attached hydrogens (tertiary/aromatic N) is 3. The first-order valence-electron chi connectivity index (χ1n) is 8.77. The molecule has 0 saturated carbocycles. The Morgan fingerprint density at radius 3 is 2.64 bits per heavy atom. The third-order valence-corrected chi connectivity index (χ3v) is 6.77. The van der Waals surface area contributed by atoms with Gasteiger partial charge < -0.3 is 10.2 Å². The first-order chi connectivity index (χ1) is 12.3. The molecule has 25 heavy (non-hydrogen) atoms. The summed E-state index contributed by atoms with van der Waals surface area (Å²) in [5, 5.41) is 3.73. The molecule has 0 spiro atoms. The van der Waals surface area contributed by atoms with Crippen LogP contribution in [0.15, 0.2) is 42.7 Å². The van der Waals surface area contributed by atoms with Gasteiger partial charge in [0.1, 0.15) is 5.82 Å². The summed E-state index contributed by atoms with van der Waals surface area (Å²) in [7, 11) is 2.12. The zero-order valence-electron chi connectivity index (χ0n) is 14.7. The fourth-order valence-corrected chi connectivity index (χ4v) is 5.30. The van der Waals surface area contributed by atoms with E-state index in [4.69, 9.17) is 0 Å². The molecule has 2 aromatic heterocycles. The molecule has 6 heteroatoms. The smallest absolute Gasteiger partial charge is 0.132 e. The van der Waals surface area contributed by atoms with Gasteiger partial charge in [-0.3, -0.25) is 4.98 Å². The topological polar surface area (TPSA) is 41.1 Å². The van der Waals surface area contributed by atoms with Gasteiger partial charge in [-0.2, -0.15) is 23.5 Å². The molecule has 1 aliphatic heterocycles. The molecule has 0 bridgehead atoms. The highest BCUT2D eigenvalue weighted by Crippen LogP contribution is 2.19. The van der Waals surface area contributed by atoms with Crippen LogP contribution in [-0.4, -0.2) is 52.6 Å². The minimum Gasteiger partial charge on any atom is -0.359 e. The van der Waals surface area contributed by atoms with Crippen molar-refractivity contribution < 1.29 is 0 Å². The van der Waals surface area contributed by atoms with Gasteiger partial charge in [-0.25, -0.2) is 4.98 Å². The molecule has 1 N–H and O–H groups in total. The van der Waals surface area contributed by atoms with Crippen LogP contribution in [0.5, 0.6) is 0 Å². The normalized spacial score (nSPS) is 15.7. The number of pyridine rings is 2. The summed E-state index contributed by atoms with van der Waals surface area (Å²) in [6.45, 7) is 1.79. The predicted molar refractivity (Wildman–Crippen MR) is 111 cm³/mol. The molecule has 3 heterocycles. The van der Waals surface area contributed by atoms with E-state index in [9.17, 15) is 0 Å². The van der Waals surface area contributed by atoms with Crippen molar-refractivity contribution in [1.82, 2.24) is 15.3 Å². The maximum atomic E-state index is 4.63. The molecule has 3 rings (SSSR count). The minimum atomic E-state index is 0.587. The van der Waals surface area contributed by atoms with E-state index in [1.807, 2.05) is 30.6 Å². The number of nitrogens with one attached hydrogen (secondary N) is 1. The summed E-state index contributed by atoms with van der Waals surface area (Å²) < 4.78 is 0. The van der Waals surface area contributed by atoms with Gasteiger partial charge in [0.2, 0.25) is 0 Å². The van der Waals surface area contributed by atoms with Crippen molar-refractivity contribution in [3.05, 3.63) is 54.0 Å². The van der Waals surface area contributed by atoms with Crippen molar-refractivity contribution in [2.24, 2.45) is 0 Å². The summed E-state index contributed by atoms with van der Waals surface area (Å²) in [6, 6.07) is 10.9. The van der Waals surface area contributed by atoms with Crippen LogP contribution in [-0.2, 0) is 13.0 Å². The lowest BCUT2D eigenvalue weighted by Crippen LogP contribution is -2.33. The maximum Gasteiger partial charge on any atom is 0.132 e. The third kappa shape index (κ3) is 5.90. The molecular weight excluding hydrogens is 348 g/mol. The van der Waals surface area contributed by atoms with Crippen LogP contribution in [0.4, 0.5) is 5.82 Å². The highest BCUT2D eigenvalue weighted by atomic mass is 32.2. The van der Waals surface area contributed by atoms with Crippen molar-refractivity contribution >= 4 is 29.3 Å². The number of hydrogen-bond acceptors (Lipinski definition) is 6. The molecule has 1 fully saturated rings. The molecule has 1 saturated heterocycles. The average molecular weight is 375 g/mol. The summed E-state index contributed by atoms with van der Waals surface area (Å²) in [4.78, 5) is 11.3. The molecule has 2 aromatic rings. The number of anilines is 1. The van der Waals surface area contributed by atoms with Crippen molar-refractivity contribution in [2.45, 2.75) is 19.0 Å². The van der Waals surface area contributed by atoms with E-state index in [2.05, 4.69) is 62.9 Å². The van der Waals surface area contributed by atoms with Crippen LogP contribution in [0.25, 0.3) is 0 Å². The highest BCUT2D eigenvalue weighted by Gasteiger charge is 2.14. The molecule has 0 amide bonds. The first-order valence-corrected chi connectivity index (χ1v) is 11.1. The van der Waals surface area contributed by atoms with E-state index in [0.29, 0.717) is 6.04 Å². The number of hydrogen-bond donors (Lipinski definition) is 1. The second-order valence-electron chi connectivity index (χ2n) is 6.21. The lowest BCUT2D eigenvalue weighted by molar-refractivity contribution is 0.602.